The topological polar surface area (TPSA) is 9.23 Å². The molecule has 1 aromatic rings. The summed E-state index contributed by atoms with van der Waals surface area (Å²) in [4.78, 5) is 0. The van der Waals surface area contributed by atoms with Crippen LogP contribution in [0.1, 0.15) is 85.6 Å². The lowest BCUT2D eigenvalue weighted by atomic mass is 9.64. The number of hydrogen-bond donors (Lipinski definition) is 0. The molecule has 0 heterocycles. The highest BCUT2D eigenvalue weighted by Crippen LogP contribution is 2.48. The summed E-state index contributed by atoms with van der Waals surface area (Å²) in [7, 11) is 0. The van der Waals surface area contributed by atoms with E-state index in [4.69, 9.17) is 4.74 Å². The Labute approximate surface area is 141 Å². The minimum absolute atomic E-state index is 0.0739. The Bertz CT molecular complexity index is 528. The molecule has 2 rings (SSSR count). The van der Waals surface area contributed by atoms with Crippen molar-refractivity contribution in [1.29, 1.82) is 0 Å². The average molecular weight is 320 g/mol. The van der Waals surface area contributed by atoms with Crippen molar-refractivity contribution in [3.8, 4) is 5.75 Å². The first-order valence-electron chi connectivity index (χ1n) is 8.91. The van der Waals surface area contributed by atoms with E-state index in [0.29, 0.717) is 5.75 Å². The highest BCUT2D eigenvalue weighted by molar-refractivity contribution is 5.33. The highest BCUT2D eigenvalue weighted by Gasteiger charge is 2.37. The summed E-state index contributed by atoms with van der Waals surface area (Å²) in [6.45, 7) is 15.5. The highest BCUT2D eigenvalue weighted by atomic mass is 19.1. The van der Waals surface area contributed by atoms with Gasteiger partial charge in [-0.3, -0.25) is 0 Å². The van der Waals surface area contributed by atoms with Crippen molar-refractivity contribution in [3.63, 3.8) is 0 Å². The van der Waals surface area contributed by atoms with Gasteiger partial charge in [-0.2, -0.15) is 0 Å². The fraction of sp³-hybridized carbons (Fsp3) is 0.714. The third kappa shape index (κ3) is 4.28. The molecule has 0 unspecified atom stereocenters. The van der Waals surface area contributed by atoms with E-state index in [-0.39, 0.29) is 28.2 Å². The molecule has 0 aromatic heterocycles. The Balaban J connectivity index is 2.30. The second-order valence-corrected chi connectivity index (χ2v) is 9.61. The predicted octanol–water partition coefficient (Wildman–Crippen LogP) is 6.71. The molecule has 1 aliphatic rings. The van der Waals surface area contributed by atoms with Gasteiger partial charge in [-0.25, -0.2) is 4.39 Å². The summed E-state index contributed by atoms with van der Waals surface area (Å²) in [6.07, 6.45) is 4.38. The summed E-state index contributed by atoms with van der Waals surface area (Å²) >= 11 is 0. The molecular formula is C21H33FO. The van der Waals surface area contributed by atoms with Crippen LogP contribution in [0.4, 0.5) is 4.39 Å². The van der Waals surface area contributed by atoms with Crippen LogP contribution in [0.5, 0.6) is 5.75 Å². The van der Waals surface area contributed by atoms with Gasteiger partial charge < -0.3 is 4.74 Å². The molecule has 1 nitrogen and oxygen atoms in total. The molecule has 0 radical (unpaired) electrons. The maximum absolute atomic E-state index is 14.7. The summed E-state index contributed by atoms with van der Waals surface area (Å²) < 4.78 is 20.7. The fourth-order valence-corrected chi connectivity index (χ4v) is 4.57. The lowest BCUT2D eigenvalue weighted by Gasteiger charge is -2.41. The summed E-state index contributed by atoms with van der Waals surface area (Å²) in [5, 5.41) is 0. The Morgan fingerprint density at radius 3 is 1.96 bits per heavy atom. The number of rotatable bonds is 3. The Kier molecular flexibility index (Phi) is 4.86. The van der Waals surface area contributed by atoms with E-state index in [2.05, 4.69) is 54.5 Å². The van der Waals surface area contributed by atoms with E-state index in [0.717, 1.165) is 18.4 Å². The van der Waals surface area contributed by atoms with Gasteiger partial charge in [0.05, 0.1) is 0 Å². The first kappa shape index (κ1) is 18.3. The van der Waals surface area contributed by atoms with Gasteiger partial charge in [-0.15, -0.1) is 0 Å². The van der Waals surface area contributed by atoms with Crippen molar-refractivity contribution in [2.75, 3.05) is 0 Å². The molecule has 0 atom stereocenters. The standard InChI is InChI=1S/C21H33FO/c1-19(2,3)18(20(4,5)6)15-10-11-17(16(22)14-15)23-21(7)12-8-9-13-21/h10-11,14,18H,8-9,12-13H2,1-7H3. The van der Waals surface area contributed by atoms with Crippen LogP contribution in [-0.4, -0.2) is 5.60 Å². The molecule has 0 aliphatic heterocycles. The van der Waals surface area contributed by atoms with Gasteiger partial charge in [0.1, 0.15) is 5.60 Å². The van der Waals surface area contributed by atoms with E-state index in [1.807, 2.05) is 6.07 Å². The molecular weight excluding hydrogens is 287 g/mol. The van der Waals surface area contributed by atoms with Crippen LogP contribution in [-0.2, 0) is 0 Å². The van der Waals surface area contributed by atoms with Crippen molar-refractivity contribution in [3.05, 3.63) is 29.6 Å². The van der Waals surface area contributed by atoms with Crippen molar-refractivity contribution >= 4 is 0 Å². The third-order valence-corrected chi connectivity index (χ3v) is 5.04. The molecule has 1 saturated carbocycles. The van der Waals surface area contributed by atoms with Gasteiger partial charge >= 0.3 is 0 Å². The Morgan fingerprint density at radius 2 is 1.52 bits per heavy atom. The third-order valence-electron chi connectivity index (χ3n) is 5.04. The van der Waals surface area contributed by atoms with Crippen molar-refractivity contribution < 1.29 is 9.13 Å². The molecule has 0 saturated heterocycles. The predicted molar refractivity (Wildman–Crippen MR) is 95.6 cm³/mol. The molecule has 1 aromatic carbocycles. The van der Waals surface area contributed by atoms with Gasteiger partial charge in [-0.05, 0) is 67.1 Å². The largest absolute Gasteiger partial charge is 0.485 e. The molecule has 23 heavy (non-hydrogen) atoms. The minimum atomic E-state index is -0.228. The van der Waals surface area contributed by atoms with E-state index < -0.39 is 0 Å². The first-order chi connectivity index (χ1) is 10.4. The lowest BCUT2D eigenvalue weighted by Crippen LogP contribution is -2.31. The van der Waals surface area contributed by atoms with Gasteiger partial charge in [0.15, 0.2) is 11.6 Å². The van der Waals surface area contributed by atoms with E-state index in [1.165, 1.54) is 12.8 Å². The van der Waals surface area contributed by atoms with E-state index in [1.54, 1.807) is 6.07 Å². The van der Waals surface area contributed by atoms with E-state index in [9.17, 15) is 4.39 Å². The van der Waals surface area contributed by atoms with Crippen LogP contribution in [0.25, 0.3) is 0 Å². The number of benzene rings is 1. The van der Waals surface area contributed by atoms with Crippen molar-refractivity contribution in [1.82, 2.24) is 0 Å². The molecule has 0 bridgehead atoms. The second-order valence-electron chi connectivity index (χ2n) is 9.61. The van der Waals surface area contributed by atoms with Crippen LogP contribution < -0.4 is 4.74 Å². The van der Waals surface area contributed by atoms with Crippen LogP contribution in [0.3, 0.4) is 0 Å². The number of hydrogen-bond acceptors (Lipinski definition) is 1. The molecule has 0 N–H and O–H groups in total. The lowest BCUT2D eigenvalue weighted by molar-refractivity contribution is 0.0911. The van der Waals surface area contributed by atoms with Crippen LogP contribution in [0, 0.1) is 16.6 Å². The zero-order valence-electron chi connectivity index (χ0n) is 15.9. The van der Waals surface area contributed by atoms with Crippen LogP contribution in [0.2, 0.25) is 0 Å². The van der Waals surface area contributed by atoms with Crippen LogP contribution in [0.15, 0.2) is 18.2 Å². The summed E-state index contributed by atoms with van der Waals surface area (Å²) in [5.41, 5.74) is 1.01. The molecule has 1 fully saturated rings. The van der Waals surface area contributed by atoms with Gasteiger partial charge in [0.25, 0.3) is 0 Å². The quantitative estimate of drug-likeness (QED) is 0.601. The smallest absolute Gasteiger partial charge is 0.165 e. The van der Waals surface area contributed by atoms with Crippen LogP contribution >= 0.6 is 0 Å². The maximum Gasteiger partial charge on any atom is 0.165 e. The molecule has 130 valence electrons. The summed E-state index contributed by atoms with van der Waals surface area (Å²) in [5.74, 6) is 0.453. The summed E-state index contributed by atoms with van der Waals surface area (Å²) in [6, 6.07) is 5.57. The zero-order valence-corrected chi connectivity index (χ0v) is 15.9. The van der Waals surface area contributed by atoms with Gasteiger partial charge in [-0.1, -0.05) is 47.6 Å². The molecule has 0 amide bonds. The second kappa shape index (κ2) is 6.11. The van der Waals surface area contributed by atoms with Crippen molar-refractivity contribution in [2.45, 2.75) is 85.7 Å². The van der Waals surface area contributed by atoms with E-state index >= 15 is 0 Å². The first-order valence-corrected chi connectivity index (χ1v) is 8.91. The molecule has 1 aliphatic carbocycles. The number of halogens is 1. The van der Waals surface area contributed by atoms with Gasteiger partial charge in [0, 0.05) is 0 Å². The Morgan fingerprint density at radius 1 is 1.00 bits per heavy atom. The fourth-order valence-electron chi connectivity index (χ4n) is 4.57. The van der Waals surface area contributed by atoms with Gasteiger partial charge in [0.2, 0.25) is 0 Å². The minimum Gasteiger partial charge on any atom is -0.485 e. The Hall–Kier alpha value is -1.05. The maximum atomic E-state index is 14.7. The SMILES string of the molecule is CC1(Oc2ccc(C(C(C)(C)C)C(C)(C)C)cc2F)CCCC1. The average Bonchev–Trinajstić information content (AvgIpc) is 2.76. The zero-order chi connectivity index (χ0) is 17.5. The molecule has 0 spiro atoms. The van der Waals surface area contributed by atoms with Crippen molar-refractivity contribution in [2.24, 2.45) is 10.8 Å². The molecule has 2 heteroatoms. The number of ether oxygens (including phenoxy) is 1. The normalized spacial score (nSPS) is 18.5. The monoisotopic (exact) mass is 320 g/mol.